The van der Waals surface area contributed by atoms with Crippen LogP contribution in [0.15, 0.2) is 48.7 Å². The molecule has 0 saturated carbocycles. The van der Waals surface area contributed by atoms with Gasteiger partial charge in [-0.15, -0.1) is 0 Å². The number of hydrogen-bond acceptors (Lipinski definition) is 2. The quantitative estimate of drug-likeness (QED) is 0.742. The second-order valence-electron chi connectivity index (χ2n) is 5.34. The minimum Gasteiger partial charge on any atom is -0.294 e. The summed E-state index contributed by atoms with van der Waals surface area (Å²) in [5.41, 5.74) is 2.10. The molecular formula is C16H17NO. The molecule has 0 atom stereocenters. The van der Waals surface area contributed by atoms with E-state index in [1.54, 1.807) is 6.20 Å². The molecule has 0 aliphatic carbocycles. The second-order valence-corrected chi connectivity index (χ2v) is 5.34. The molecule has 2 aromatic rings. The van der Waals surface area contributed by atoms with Crippen LogP contribution >= 0.6 is 0 Å². The lowest BCUT2D eigenvalue weighted by molar-refractivity contribution is 0.0859. The van der Waals surface area contributed by atoms with E-state index in [9.17, 15) is 4.79 Å². The molecule has 2 nitrogen and oxygen atoms in total. The molecule has 1 heterocycles. The van der Waals surface area contributed by atoms with Crippen LogP contribution in [0.2, 0.25) is 0 Å². The SMILES string of the molecule is CC(C)(C)C(=O)c1ccccc1-c1ccccn1. The van der Waals surface area contributed by atoms with Gasteiger partial charge in [0.25, 0.3) is 0 Å². The summed E-state index contributed by atoms with van der Waals surface area (Å²) in [7, 11) is 0. The molecule has 1 aromatic heterocycles. The van der Waals surface area contributed by atoms with Crippen molar-refractivity contribution in [1.82, 2.24) is 4.98 Å². The van der Waals surface area contributed by atoms with E-state index < -0.39 is 0 Å². The van der Waals surface area contributed by atoms with Gasteiger partial charge in [0.15, 0.2) is 5.78 Å². The molecule has 1 aromatic carbocycles. The minimum atomic E-state index is -0.384. The van der Waals surface area contributed by atoms with Gasteiger partial charge in [0.2, 0.25) is 0 Å². The summed E-state index contributed by atoms with van der Waals surface area (Å²) in [5.74, 6) is 0.142. The first-order chi connectivity index (χ1) is 8.50. The van der Waals surface area contributed by atoms with Gasteiger partial charge in [-0.25, -0.2) is 0 Å². The van der Waals surface area contributed by atoms with Crippen molar-refractivity contribution >= 4 is 5.78 Å². The van der Waals surface area contributed by atoms with Gasteiger partial charge in [-0.1, -0.05) is 51.1 Å². The van der Waals surface area contributed by atoms with E-state index in [-0.39, 0.29) is 11.2 Å². The van der Waals surface area contributed by atoms with Gasteiger partial charge in [0, 0.05) is 22.7 Å². The Kier molecular flexibility index (Phi) is 3.28. The molecule has 0 spiro atoms. The van der Waals surface area contributed by atoms with Crippen LogP contribution in [0.25, 0.3) is 11.3 Å². The average molecular weight is 239 g/mol. The van der Waals surface area contributed by atoms with Gasteiger partial charge in [0.05, 0.1) is 5.69 Å². The van der Waals surface area contributed by atoms with E-state index in [0.29, 0.717) is 0 Å². The van der Waals surface area contributed by atoms with Crippen LogP contribution in [-0.4, -0.2) is 10.8 Å². The number of carbonyl (C=O) groups is 1. The van der Waals surface area contributed by atoms with Crippen molar-refractivity contribution in [2.24, 2.45) is 5.41 Å². The van der Waals surface area contributed by atoms with E-state index in [1.807, 2.05) is 63.2 Å². The summed E-state index contributed by atoms with van der Waals surface area (Å²) >= 11 is 0. The number of aromatic nitrogens is 1. The second kappa shape index (κ2) is 4.73. The molecular weight excluding hydrogens is 222 g/mol. The summed E-state index contributed by atoms with van der Waals surface area (Å²) in [6.45, 7) is 5.81. The molecule has 2 rings (SSSR count). The Bertz CT molecular complexity index is 553. The highest BCUT2D eigenvalue weighted by atomic mass is 16.1. The predicted octanol–water partition coefficient (Wildman–Crippen LogP) is 3.98. The van der Waals surface area contributed by atoms with Gasteiger partial charge in [0.1, 0.15) is 0 Å². The summed E-state index contributed by atoms with van der Waals surface area (Å²) in [6, 6.07) is 13.4. The maximum Gasteiger partial charge on any atom is 0.168 e. The molecule has 0 aliphatic rings. The van der Waals surface area contributed by atoms with Crippen LogP contribution in [0.1, 0.15) is 31.1 Å². The highest BCUT2D eigenvalue weighted by molar-refractivity contribution is 6.04. The first-order valence-corrected chi connectivity index (χ1v) is 6.05. The van der Waals surface area contributed by atoms with E-state index in [2.05, 4.69) is 4.98 Å². The Morgan fingerprint density at radius 1 is 1.00 bits per heavy atom. The van der Waals surface area contributed by atoms with Crippen LogP contribution in [-0.2, 0) is 0 Å². The molecule has 0 aliphatic heterocycles. The van der Waals surface area contributed by atoms with Crippen molar-refractivity contribution in [2.45, 2.75) is 20.8 Å². The monoisotopic (exact) mass is 239 g/mol. The van der Waals surface area contributed by atoms with Crippen molar-refractivity contribution in [3.63, 3.8) is 0 Å². The fraction of sp³-hybridized carbons (Fsp3) is 0.250. The zero-order chi connectivity index (χ0) is 13.2. The van der Waals surface area contributed by atoms with Crippen molar-refractivity contribution in [3.8, 4) is 11.3 Å². The molecule has 2 heteroatoms. The molecule has 0 unspecified atom stereocenters. The first-order valence-electron chi connectivity index (χ1n) is 6.05. The van der Waals surface area contributed by atoms with Crippen LogP contribution in [0, 0.1) is 5.41 Å². The topological polar surface area (TPSA) is 30.0 Å². The van der Waals surface area contributed by atoms with E-state index in [0.717, 1.165) is 16.8 Å². The Balaban J connectivity index is 2.54. The average Bonchev–Trinajstić information content (AvgIpc) is 2.38. The minimum absolute atomic E-state index is 0.142. The summed E-state index contributed by atoms with van der Waals surface area (Å²) in [5, 5.41) is 0. The fourth-order valence-corrected chi connectivity index (χ4v) is 1.83. The molecule has 0 amide bonds. The van der Waals surface area contributed by atoms with Crippen molar-refractivity contribution in [1.29, 1.82) is 0 Å². The first kappa shape index (κ1) is 12.5. The Hall–Kier alpha value is -1.96. The molecule has 92 valence electrons. The lowest BCUT2D eigenvalue weighted by atomic mass is 9.84. The number of ketones is 1. The largest absolute Gasteiger partial charge is 0.294 e. The van der Waals surface area contributed by atoms with Crippen molar-refractivity contribution < 1.29 is 4.79 Å². The van der Waals surface area contributed by atoms with E-state index in [1.165, 1.54) is 0 Å². The summed E-state index contributed by atoms with van der Waals surface area (Å²) in [6.07, 6.45) is 1.74. The Morgan fingerprint density at radius 3 is 2.28 bits per heavy atom. The number of rotatable bonds is 2. The van der Waals surface area contributed by atoms with E-state index in [4.69, 9.17) is 0 Å². The smallest absolute Gasteiger partial charge is 0.168 e. The third-order valence-corrected chi connectivity index (χ3v) is 2.79. The van der Waals surface area contributed by atoms with Gasteiger partial charge in [-0.05, 0) is 12.1 Å². The molecule has 0 N–H and O–H groups in total. The third-order valence-electron chi connectivity index (χ3n) is 2.79. The molecule has 0 fully saturated rings. The van der Waals surface area contributed by atoms with Crippen LogP contribution < -0.4 is 0 Å². The van der Waals surface area contributed by atoms with Gasteiger partial charge >= 0.3 is 0 Å². The maximum atomic E-state index is 12.4. The normalized spacial score (nSPS) is 11.3. The van der Waals surface area contributed by atoms with Crippen LogP contribution in [0.5, 0.6) is 0 Å². The highest BCUT2D eigenvalue weighted by Crippen LogP contribution is 2.28. The summed E-state index contributed by atoms with van der Waals surface area (Å²) in [4.78, 5) is 16.8. The zero-order valence-corrected chi connectivity index (χ0v) is 11.0. The van der Waals surface area contributed by atoms with Crippen molar-refractivity contribution in [3.05, 3.63) is 54.2 Å². The van der Waals surface area contributed by atoms with Crippen molar-refractivity contribution in [2.75, 3.05) is 0 Å². The van der Waals surface area contributed by atoms with Gasteiger partial charge in [-0.3, -0.25) is 9.78 Å². The number of hydrogen-bond donors (Lipinski definition) is 0. The molecule has 0 radical (unpaired) electrons. The predicted molar refractivity (Wildman–Crippen MR) is 73.5 cm³/mol. The number of nitrogens with zero attached hydrogens (tertiary/aromatic N) is 1. The van der Waals surface area contributed by atoms with Gasteiger partial charge in [-0.2, -0.15) is 0 Å². The van der Waals surface area contributed by atoms with Crippen LogP contribution in [0.4, 0.5) is 0 Å². The Labute approximate surface area is 108 Å². The Morgan fingerprint density at radius 2 is 1.67 bits per heavy atom. The number of benzene rings is 1. The molecule has 18 heavy (non-hydrogen) atoms. The van der Waals surface area contributed by atoms with Crippen LogP contribution in [0.3, 0.4) is 0 Å². The highest BCUT2D eigenvalue weighted by Gasteiger charge is 2.25. The fourth-order valence-electron chi connectivity index (χ4n) is 1.83. The van der Waals surface area contributed by atoms with Gasteiger partial charge < -0.3 is 0 Å². The number of Topliss-reactive ketones (excluding diaryl/α,β-unsaturated/α-hetero) is 1. The lowest BCUT2D eigenvalue weighted by Gasteiger charge is -2.18. The number of carbonyl (C=O) groups excluding carboxylic acids is 1. The standard InChI is InChI=1S/C16H17NO/c1-16(2,3)15(18)13-9-5-4-8-12(13)14-10-6-7-11-17-14/h4-11H,1-3H3. The lowest BCUT2D eigenvalue weighted by Crippen LogP contribution is -2.20. The molecule has 0 saturated heterocycles. The third kappa shape index (κ3) is 2.48. The maximum absolute atomic E-state index is 12.4. The molecule has 0 bridgehead atoms. The zero-order valence-electron chi connectivity index (χ0n) is 11.0. The number of pyridine rings is 1. The van der Waals surface area contributed by atoms with E-state index >= 15 is 0 Å². The summed E-state index contributed by atoms with van der Waals surface area (Å²) < 4.78 is 0.